The van der Waals surface area contributed by atoms with Crippen LogP contribution in [-0.4, -0.2) is 68.1 Å². The van der Waals surface area contributed by atoms with Gasteiger partial charge in [-0.05, 0) is 52.8 Å². The van der Waals surface area contributed by atoms with Gasteiger partial charge in [0.2, 0.25) is 0 Å². The number of ether oxygens (including phenoxy) is 9. The van der Waals surface area contributed by atoms with Crippen molar-refractivity contribution in [3.05, 3.63) is 251 Å². The van der Waals surface area contributed by atoms with E-state index in [0.29, 0.717) is 59.5 Å². The van der Waals surface area contributed by atoms with E-state index in [0.717, 1.165) is 38.9 Å². The van der Waals surface area contributed by atoms with Crippen molar-refractivity contribution in [1.82, 2.24) is 0 Å². The van der Waals surface area contributed by atoms with Crippen molar-refractivity contribution in [2.24, 2.45) is 0 Å². The third-order valence-corrected chi connectivity index (χ3v) is 12.7. The molecule has 2 aliphatic rings. The zero-order chi connectivity index (χ0) is 48.7. The molecule has 0 aromatic heterocycles. The van der Waals surface area contributed by atoms with E-state index in [-0.39, 0.29) is 48.8 Å². The fourth-order valence-corrected chi connectivity index (χ4v) is 8.82. The third-order valence-electron chi connectivity index (χ3n) is 12.7. The zero-order valence-electron chi connectivity index (χ0n) is 40.9. The van der Waals surface area contributed by atoms with E-state index in [1.54, 1.807) is 0 Å². The maximum atomic E-state index is 6.65. The van der Waals surface area contributed by atoms with Gasteiger partial charge in [-0.3, -0.25) is 0 Å². The quantitative estimate of drug-likeness (QED) is 0.0659. The molecule has 0 N–H and O–H groups in total. The molecule has 0 saturated carbocycles. The van der Waals surface area contributed by atoms with E-state index < -0.39 is 6.10 Å². The van der Waals surface area contributed by atoms with Gasteiger partial charge in [-0.2, -0.15) is 0 Å². The van der Waals surface area contributed by atoms with E-state index in [4.69, 9.17) is 42.6 Å². The molecule has 9 atom stereocenters. The maximum Gasteiger partial charge on any atom is 0.115 e. The molecule has 9 nitrogen and oxygen atoms in total. The molecule has 0 unspecified atom stereocenters. The number of benzene rings is 7. The third kappa shape index (κ3) is 16.4. The van der Waals surface area contributed by atoms with Crippen LogP contribution in [0.5, 0.6) is 0 Å². The Hall–Kier alpha value is -5.82. The smallest absolute Gasteiger partial charge is 0.115 e. The minimum atomic E-state index is -0.392. The average molecular weight is 957 g/mol. The fourth-order valence-electron chi connectivity index (χ4n) is 8.82. The molecule has 0 spiro atoms. The van der Waals surface area contributed by atoms with Crippen molar-refractivity contribution in [1.29, 1.82) is 0 Å². The molecule has 7 aromatic rings. The second-order valence-corrected chi connectivity index (χ2v) is 18.1. The van der Waals surface area contributed by atoms with Gasteiger partial charge in [-0.1, -0.05) is 212 Å². The van der Waals surface area contributed by atoms with Crippen LogP contribution in [0.25, 0.3) is 0 Å². The minimum absolute atomic E-state index is 0.0824. The highest BCUT2D eigenvalue weighted by atomic mass is 16.6. The second kappa shape index (κ2) is 28.3. The number of hydrogen-bond donors (Lipinski definition) is 0. The average Bonchev–Trinajstić information content (AvgIpc) is 3.43. The normalized spacial score (nSPS) is 23.0. The molecule has 7 aromatic carbocycles. The predicted octanol–water partition coefficient (Wildman–Crippen LogP) is 11.9. The Labute approximate surface area is 420 Å². The SMILES string of the molecule is C[C@@H]1OC[C@@H](OCc2ccccc2)[C@H](OCc2ccccc2)[C@H]1OCc1ccccc1.C[C@@H]1O[C@@H](COCc2ccccc2)[C@@H](OCc2ccccc2)[C@@H](OCc2ccccc2)[C@H]1OCc1ccccc1. The van der Waals surface area contributed by atoms with Gasteiger partial charge in [0.15, 0.2) is 0 Å². The van der Waals surface area contributed by atoms with Crippen LogP contribution in [0, 0.1) is 0 Å². The Morgan fingerprint density at radius 1 is 0.324 bits per heavy atom. The summed E-state index contributed by atoms with van der Waals surface area (Å²) in [6.45, 7) is 8.35. The van der Waals surface area contributed by atoms with Gasteiger partial charge in [-0.25, -0.2) is 0 Å². The first-order valence-corrected chi connectivity index (χ1v) is 24.9. The molecule has 9 rings (SSSR count). The Morgan fingerprint density at radius 3 is 1.00 bits per heavy atom. The molecule has 0 radical (unpaired) electrons. The highest BCUT2D eigenvalue weighted by Gasteiger charge is 2.47. The molecule has 2 heterocycles. The lowest BCUT2D eigenvalue weighted by molar-refractivity contribution is -0.269. The summed E-state index contributed by atoms with van der Waals surface area (Å²) in [5.41, 5.74) is 7.80. The van der Waals surface area contributed by atoms with Gasteiger partial charge in [-0.15, -0.1) is 0 Å². The van der Waals surface area contributed by atoms with Gasteiger partial charge >= 0.3 is 0 Å². The molecule has 9 heteroatoms. The molecule has 71 heavy (non-hydrogen) atoms. The van der Waals surface area contributed by atoms with E-state index in [1.165, 1.54) is 0 Å². The van der Waals surface area contributed by atoms with Gasteiger partial charge < -0.3 is 42.6 Å². The summed E-state index contributed by atoms with van der Waals surface area (Å²) in [5.74, 6) is 0. The molecule has 2 fully saturated rings. The van der Waals surface area contributed by atoms with Gasteiger partial charge in [0.1, 0.15) is 42.7 Å². The summed E-state index contributed by atoms with van der Waals surface area (Å²) in [6, 6.07) is 71.3. The summed E-state index contributed by atoms with van der Waals surface area (Å²) >= 11 is 0. The first-order valence-electron chi connectivity index (χ1n) is 24.9. The standard InChI is InChI=1S/C35H38O5.C27H30O4/c1-27-33(37-23-29-16-8-3-9-17-29)35(39-25-31-20-12-5-13-21-31)34(38-24-30-18-10-4-11-19-30)32(40-27)26-36-22-28-14-6-2-7-15-28;1-21-26(30-18-23-13-7-3-8-14-23)27(31-19-24-15-9-4-10-16-24)25(20-28-21)29-17-22-11-5-2-6-12-22/h2-21,27,32-35H,22-26H2,1H3;2-16,21,25-27H,17-20H2,1H3/t27-,32-,33-,34+,35-;21-,25+,26-,27-/m00/s1. The lowest BCUT2D eigenvalue weighted by Gasteiger charge is -2.45. The summed E-state index contributed by atoms with van der Waals surface area (Å²) in [7, 11) is 0. The van der Waals surface area contributed by atoms with Crippen LogP contribution in [-0.2, 0) is 88.9 Å². The van der Waals surface area contributed by atoms with E-state index in [9.17, 15) is 0 Å². The van der Waals surface area contributed by atoms with E-state index in [1.807, 2.05) is 141 Å². The monoisotopic (exact) mass is 956 g/mol. The highest BCUT2D eigenvalue weighted by molar-refractivity contribution is 5.19. The zero-order valence-corrected chi connectivity index (χ0v) is 40.9. The van der Waals surface area contributed by atoms with Crippen LogP contribution in [0.1, 0.15) is 52.8 Å². The summed E-state index contributed by atoms with van der Waals surface area (Å²) < 4.78 is 57.5. The lowest BCUT2D eigenvalue weighted by Crippen LogP contribution is -2.60. The van der Waals surface area contributed by atoms with Crippen LogP contribution in [0.15, 0.2) is 212 Å². The topological polar surface area (TPSA) is 83.1 Å². The fraction of sp³-hybridized carbons (Fsp3) is 0.323. The minimum Gasteiger partial charge on any atom is -0.374 e. The number of rotatable bonds is 22. The van der Waals surface area contributed by atoms with Crippen LogP contribution >= 0.6 is 0 Å². The van der Waals surface area contributed by atoms with Crippen molar-refractivity contribution in [3.63, 3.8) is 0 Å². The van der Waals surface area contributed by atoms with E-state index in [2.05, 4.69) is 84.9 Å². The van der Waals surface area contributed by atoms with Crippen molar-refractivity contribution in [2.75, 3.05) is 13.2 Å². The highest BCUT2D eigenvalue weighted by Crippen LogP contribution is 2.31. The summed E-state index contributed by atoms with van der Waals surface area (Å²) in [4.78, 5) is 0. The van der Waals surface area contributed by atoms with Gasteiger partial charge in [0, 0.05) is 0 Å². The summed E-state index contributed by atoms with van der Waals surface area (Å²) in [5, 5.41) is 0. The van der Waals surface area contributed by atoms with Crippen LogP contribution in [0.3, 0.4) is 0 Å². The molecule has 2 aliphatic heterocycles. The van der Waals surface area contributed by atoms with Crippen molar-refractivity contribution in [2.45, 2.75) is 115 Å². The Bertz CT molecular complexity index is 2470. The maximum absolute atomic E-state index is 6.65. The molecule has 0 aliphatic carbocycles. The second-order valence-electron chi connectivity index (χ2n) is 18.1. The van der Waals surface area contributed by atoms with Crippen LogP contribution in [0.2, 0.25) is 0 Å². The molecular formula is C62H68O9. The molecule has 370 valence electrons. The van der Waals surface area contributed by atoms with Crippen LogP contribution in [0.4, 0.5) is 0 Å². The van der Waals surface area contributed by atoms with Gasteiger partial charge in [0.05, 0.1) is 71.7 Å². The van der Waals surface area contributed by atoms with Crippen LogP contribution < -0.4 is 0 Å². The van der Waals surface area contributed by atoms with E-state index >= 15 is 0 Å². The largest absolute Gasteiger partial charge is 0.374 e. The van der Waals surface area contributed by atoms with Crippen molar-refractivity contribution < 1.29 is 42.6 Å². The molecule has 0 amide bonds. The predicted molar refractivity (Wildman–Crippen MR) is 276 cm³/mol. The Morgan fingerprint density at radius 2 is 0.620 bits per heavy atom. The number of hydrogen-bond acceptors (Lipinski definition) is 9. The Kier molecular flexibility index (Phi) is 20.5. The Balaban J connectivity index is 0.000000197. The summed E-state index contributed by atoms with van der Waals surface area (Å²) in [6.07, 6.45) is -2.35. The molecule has 2 saturated heterocycles. The van der Waals surface area contributed by atoms with Gasteiger partial charge in [0.25, 0.3) is 0 Å². The first kappa shape index (κ1) is 51.5. The molecule has 0 bridgehead atoms. The lowest BCUT2D eigenvalue weighted by atomic mass is 9.94. The molecular weight excluding hydrogens is 889 g/mol. The first-order chi connectivity index (χ1) is 35.1. The van der Waals surface area contributed by atoms with Crippen molar-refractivity contribution >= 4 is 0 Å². The van der Waals surface area contributed by atoms with Crippen molar-refractivity contribution in [3.8, 4) is 0 Å².